The Morgan fingerprint density at radius 2 is 2.16 bits per heavy atom. The van der Waals surface area contributed by atoms with Gasteiger partial charge < -0.3 is 14.8 Å². The molecule has 1 aliphatic heterocycles. The first-order valence-electron chi connectivity index (χ1n) is 9.79. The highest BCUT2D eigenvalue weighted by Gasteiger charge is 2.32. The zero-order chi connectivity index (χ0) is 22.1. The molecule has 7 nitrogen and oxygen atoms in total. The van der Waals surface area contributed by atoms with Crippen molar-refractivity contribution in [2.75, 3.05) is 19.0 Å². The SMILES string of the molecule is COc1cc2c(O[C@@H]3C[C@H](C)N(Cc4sc(NC(C)=O)nc4F)C3)ccnc2cc1F. The monoisotopic (exact) mass is 448 g/mol. The molecule has 1 fully saturated rings. The molecule has 0 aliphatic carbocycles. The summed E-state index contributed by atoms with van der Waals surface area (Å²) in [5.74, 6) is -0.615. The van der Waals surface area contributed by atoms with E-state index in [1.165, 1.54) is 20.1 Å². The first-order valence-corrected chi connectivity index (χ1v) is 10.6. The first-order chi connectivity index (χ1) is 14.8. The highest BCUT2D eigenvalue weighted by Crippen LogP contribution is 2.33. The number of anilines is 1. The number of halogens is 2. The van der Waals surface area contributed by atoms with Crippen molar-refractivity contribution in [1.82, 2.24) is 14.9 Å². The third-order valence-corrected chi connectivity index (χ3v) is 6.14. The van der Waals surface area contributed by atoms with Gasteiger partial charge in [-0.05, 0) is 19.1 Å². The molecular weight excluding hydrogens is 426 g/mol. The van der Waals surface area contributed by atoms with Gasteiger partial charge in [-0.25, -0.2) is 4.39 Å². The third kappa shape index (κ3) is 4.59. The van der Waals surface area contributed by atoms with Crippen LogP contribution in [0.15, 0.2) is 24.4 Å². The molecule has 2 atom stereocenters. The summed E-state index contributed by atoms with van der Waals surface area (Å²) >= 11 is 1.13. The van der Waals surface area contributed by atoms with E-state index in [9.17, 15) is 13.6 Å². The summed E-state index contributed by atoms with van der Waals surface area (Å²) in [6, 6.07) is 4.81. The number of nitrogens with zero attached hydrogens (tertiary/aromatic N) is 3. The number of hydrogen-bond donors (Lipinski definition) is 1. The third-order valence-electron chi connectivity index (χ3n) is 5.21. The number of aromatic nitrogens is 2. The normalized spacial score (nSPS) is 19.0. The second-order valence-corrected chi connectivity index (χ2v) is 8.56. The van der Waals surface area contributed by atoms with Crippen LogP contribution in [0.4, 0.5) is 13.9 Å². The quantitative estimate of drug-likeness (QED) is 0.615. The van der Waals surface area contributed by atoms with Gasteiger partial charge in [0.15, 0.2) is 16.7 Å². The molecule has 4 rings (SSSR count). The van der Waals surface area contributed by atoms with Gasteiger partial charge in [0.2, 0.25) is 11.9 Å². The smallest absolute Gasteiger partial charge is 0.230 e. The predicted molar refractivity (Wildman–Crippen MR) is 114 cm³/mol. The van der Waals surface area contributed by atoms with Gasteiger partial charge in [-0.1, -0.05) is 11.3 Å². The summed E-state index contributed by atoms with van der Waals surface area (Å²) < 4.78 is 39.5. The zero-order valence-electron chi connectivity index (χ0n) is 17.3. The van der Waals surface area contributed by atoms with Crippen LogP contribution in [0.2, 0.25) is 0 Å². The van der Waals surface area contributed by atoms with Crippen LogP contribution < -0.4 is 14.8 Å². The Labute approximate surface area is 182 Å². The number of fused-ring (bicyclic) bond motifs is 1. The van der Waals surface area contributed by atoms with Gasteiger partial charge in [0.25, 0.3) is 0 Å². The van der Waals surface area contributed by atoms with Crippen LogP contribution >= 0.6 is 11.3 Å². The van der Waals surface area contributed by atoms with Gasteiger partial charge in [-0.3, -0.25) is 14.7 Å². The topological polar surface area (TPSA) is 76.6 Å². The number of benzene rings is 1. The van der Waals surface area contributed by atoms with Crippen molar-refractivity contribution in [3.05, 3.63) is 41.0 Å². The Morgan fingerprint density at radius 1 is 1.35 bits per heavy atom. The van der Waals surface area contributed by atoms with Crippen LogP contribution in [0.5, 0.6) is 11.5 Å². The highest BCUT2D eigenvalue weighted by molar-refractivity contribution is 7.15. The van der Waals surface area contributed by atoms with Crippen LogP contribution in [-0.2, 0) is 11.3 Å². The summed E-state index contributed by atoms with van der Waals surface area (Å²) in [7, 11) is 1.41. The van der Waals surface area contributed by atoms with Gasteiger partial charge in [0.05, 0.1) is 17.5 Å². The Balaban J connectivity index is 1.48. The molecule has 2 aromatic heterocycles. The molecule has 3 aromatic rings. The van der Waals surface area contributed by atoms with E-state index in [-0.39, 0.29) is 28.9 Å². The van der Waals surface area contributed by atoms with E-state index in [1.54, 1.807) is 18.3 Å². The molecule has 164 valence electrons. The van der Waals surface area contributed by atoms with Crippen molar-refractivity contribution in [2.24, 2.45) is 0 Å². The molecule has 1 amide bonds. The largest absolute Gasteiger partial charge is 0.494 e. The maximum atomic E-state index is 14.2. The van der Waals surface area contributed by atoms with E-state index in [0.29, 0.717) is 34.6 Å². The maximum absolute atomic E-state index is 14.2. The van der Waals surface area contributed by atoms with Gasteiger partial charge in [0, 0.05) is 50.1 Å². The van der Waals surface area contributed by atoms with Gasteiger partial charge in [0.1, 0.15) is 11.9 Å². The summed E-state index contributed by atoms with van der Waals surface area (Å²) in [6.45, 7) is 4.38. The minimum absolute atomic E-state index is 0.123. The van der Waals surface area contributed by atoms with Crippen LogP contribution in [0, 0.1) is 11.8 Å². The Bertz CT molecular complexity index is 1120. The van der Waals surface area contributed by atoms with E-state index >= 15 is 0 Å². The minimum Gasteiger partial charge on any atom is -0.494 e. The molecule has 0 spiro atoms. The molecule has 10 heteroatoms. The van der Waals surface area contributed by atoms with E-state index in [1.807, 2.05) is 0 Å². The number of rotatable bonds is 6. The minimum atomic E-state index is -0.570. The summed E-state index contributed by atoms with van der Waals surface area (Å²) in [6.07, 6.45) is 2.21. The summed E-state index contributed by atoms with van der Waals surface area (Å²) in [5.41, 5.74) is 0.482. The molecular formula is C21H22F2N4O3S. The number of carbonyl (C=O) groups is 1. The van der Waals surface area contributed by atoms with Crippen molar-refractivity contribution < 1.29 is 23.0 Å². The molecule has 1 aliphatic rings. The van der Waals surface area contributed by atoms with E-state index < -0.39 is 11.8 Å². The zero-order valence-corrected chi connectivity index (χ0v) is 18.1. The fourth-order valence-electron chi connectivity index (χ4n) is 3.73. The van der Waals surface area contributed by atoms with Crippen molar-refractivity contribution >= 4 is 33.3 Å². The van der Waals surface area contributed by atoms with E-state index in [0.717, 1.165) is 17.8 Å². The fraction of sp³-hybridized carbons (Fsp3) is 0.381. The molecule has 1 saturated heterocycles. The molecule has 1 N–H and O–H groups in total. The average Bonchev–Trinajstić information content (AvgIpc) is 3.22. The lowest BCUT2D eigenvalue weighted by atomic mass is 10.1. The second-order valence-electron chi connectivity index (χ2n) is 7.48. The predicted octanol–water partition coefficient (Wildman–Crippen LogP) is 3.98. The van der Waals surface area contributed by atoms with E-state index in [4.69, 9.17) is 9.47 Å². The van der Waals surface area contributed by atoms with Gasteiger partial charge >= 0.3 is 0 Å². The Morgan fingerprint density at radius 3 is 2.90 bits per heavy atom. The van der Waals surface area contributed by atoms with Crippen LogP contribution in [-0.4, -0.2) is 46.6 Å². The van der Waals surface area contributed by atoms with Crippen LogP contribution in [0.3, 0.4) is 0 Å². The van der Waals surface area contributed by atoms with Crippen molar-refractivity contribution in [3.8, 4) is 11.5 Å². The number of amides is 1. The molecule has 0 saturated carbocycles. The molecule has 0 unspecified atom stereocenters. The van der Waals surface area contributed by atoms with Crippen LogP contribution in [0.1, 0.15) is 25.1 Å². The number of hydrogen-bond acceptors (Lipinski definition) is 7. The number of thiazole rings is 1. The second kappa shape index (κ2) is 8.72. The van der Waals surface area contributed by atoms with Crippen molar-refractivity contribution in [3.63, 3.8) is 0 Å². The lowest BCUT2D eigenvalue weighted by Crippen LogP contribution is -2.28. The number of nitrogens with one attached hydrogen (secondary N) is 1. The maximum Gasteiger partial charge on any atom is 0.230 e. The Hall–Kier alpha value is -2.85. The molecule has 1 aromatic carbocycles. The highest BCUT2D eigenvalue weighted by atomic mass is 32.1. The number of methoxy groups -OCH3 is 1. The number of ether oxygens (including phenoxy) is 2. The van der Waals surface area contributed by atoms with Crippen LogP contribution in [0.25, 0.3) is 10.9 Å². The fourth-order valence-corrected chi connectivity index (χ4v) is 4.65. The summed E-state index contributed by atoms with van der Waals surface area (Å²) in [5, 5.41) is 3.44. The lowest BCUT2D eigenvalue weighted by Gasteiger charge is -2.19. The van der Waals surface area contributed by atoms with Crippen molar-refractivity contribution in [1.29, 1.82) is 0 Å². The number of pyridine rings is 1. The van der Waals surface area contributed by atoms with Gasteiger partial charge in [-0.15, -0.1) is 0 Å². The van der Waals surface area contributed by atoms with Gasteiger partial charge in [-0.2, -0.15) is 9.37 Å². The molecule has 31 heavy (non-hydrogen) atoms. The standard InChI is InChI=1S/C21H22F2N4O3S/c1-11-6-13(9-27(11)10-19-20(23)26-21(31-19)25-12(2)28)30-17-4-5-24-16-8-15(22)18(29-3)7-14(16)17/h4-5,7-8,11,13H,6,9-10H2,1-3H3,(H,25,26,28)/t11-,13+/m0/s1. The average molecular weight is 448 g/mol. The van der Waals surface area contributed by atoms with E-state index in [2.05, 4.69) is 27.1 Å². The lowest BCUT2D eigenvalue weighted by molar-refractivity contribution is -0.114. The number of carbonyl (C=O) groups excluding carboxylic acids is 1. The first kappa shape index (κ1) is 21.4. The molecule has 0 bridgehead atoms. The summed E-state index contributed by atoms with van der Waals surface area (Å²) in [4.78, 5) is 21.7. The molecule has 3 heterocycles. The Kier molecular flexibility index (Phi) is 6.01. The van der Waals surface area contributed by atoms with Crippen molar-refractivity contribution in [2.45, 2.75) is 39.0 Å². The molecule has 0 radical (unpaired) electrons. The number of likely N-dealkylation sites (tertiary alicyclic amines) is 1.